The number of hydrogen-bond donors (Lipinski definition) is 0. The summed E-state index contributed by atoms with van der Waals surface area (Å²) in [6.45, 7) is 0. The Kier molecular flexibility index (Phi) is 8.39. The molecular formula is C58H38N2S. The highest BCUT2D eigenvalue weighted by molar-refractivity contribution is 7.25. The van der Waals surface area contributed by atoms with Crippen molar-refractivity contribution in [2.75, 3.05) is 4.90 Å². The van der Waals surface area contributed by atoms with Crippen molar-refractivity contribution in [2.24, 2.45) is 0 Å². The van der Waals surface area contributed by atoms with Crippen molar-refractivity contribution in [1.82, 2.24) is 4.57 Å². The van der Waals surface area contributed by atoms with Gasteiger partial charge in [0.05, 0.1) is 11.0 Å². The van der Waals surface area contributed by atoms with Crippen LogP contribution in [-0.4, -0.2) is 4.57 Å². The van der Waals surface area contributed by atoms with Gasteiger partial charge in [0, 0.05) is 59.1 Å². The molecule has 0 bridgehead atoms. The molecule has 2 aromatic heterocycles. The fourth-order valence-electron chi connectivity index (χ4n) is 9.30. The Hall–Kier alpha value is -7.72. The molecular weight excluding hydrogens is 757 g/mol. The van der Waals surface area contributed by atoms with Crippen molar-refractivity contribution in [3.8, 4) is 39.1 Å². The standard InChI is InChI=1S/C58H38N2S/c1-3-13-40(14-4-1)48-18-9-10-19-49(48)42-25-31-46(32-26-42)59(47-33-36-57-54(38-47)52-21-11-12-22-56(52)61-57)45-29-23-39(24-30-45)43-28-34-51-53-35-27-41-15-7-8-20-50(41)58(53)60(55(51)37-43)44-16-5-2-6-17-44/h1-38H. The second-order valence-corrected chi connectivity index (χ2v) is 16.8. The maximum absolute atomic E-state index is 2.44. The van der Waals surface area contributed by atoms with Crippen molar-refractivity contribution in [2.45, 2.75) is 0 Å². The summed E-state index contributed by atoms with van der Waals surface area (Å²) < 4.78 is 5.05. The fourth-order valence-corrected chi connectivity index (χ4v) is 10.4. The Morgan fingerprint density at radius 1 is 0.328 bits per heavy atom. The van der Waals surface area contributed by atoms with Gasteiger partial charge in [-0.15, -0.1) is 11.3 Å². The first-order chi connectivity index (χ1) is 30.2. The minimum absolute atomic E-state index is 1.10. The maximum atomic E-state index is 2.44. The van der Waals surface area contributed by atoms with E-state index in [1.807, 2.05) is 11.3 Å². The lowest BCUT2D eigenvalue weighted by molar-refractivity contribution is 1.19. The van der Waals surface area contributed by atoms with Crippen molar-refractivity contribution >= 4 is 81.1 Å². The van der Waals surface area contributed by atoms with Crippen LogP contribution in [0.1, 0.15) is 0 Å². The van der Waals surface area contributed by atoms with Gasteiger partial charge >= 0.3 is 0 Å². The van der Waals surface area contributed by atoms with Gasteiger partial charge in [-0.3, -0.25) is 0 Å². The minimum Gasteiger partial charge on any atom is -0.310 e. The van der Waals surface area contributed by atoms with Crippen LogP contribution in [0, 0.1) is 0 Å². The molecule has 0 radical (unpaired) electrons. The summed E-state index contributed by atoms with van der Waals surface area (Å²) in [5.74, 6) is 0. The molecule has 12 aromatic rings. The first kappa shape index (κ1) is 35.2. The summed E-state index contributed by atoms with van der Waals surface area (Å²) in [5, 5.41) is 7.59. The van der Waals surface area contributed by atoms with E-state index in [0.717, 1.165) is 22.7 Å². The normalized spacial score (nSPS) is 11.6. The third kappa shape index (κ3) is 6.01. The van der Waals surface area contributed by atoms with Crippen molar-refractivity contribution in [3.05, 3.63) is 231 Å². The van der Waals surface area contributed by atoms with E-state index >= 15 is 0 Å². The van der Waals surface area contributed by atoms with Crippen LogP contribution in [0.4, 0.5) is 17.1 Å². The van der Waals surface area contributed by atoms with Gasteiger partial charge in [0.1, 0.15) is 0 Å². The number of nitrogens with zero attached hydrogens (tertiary/aromatic N) is 2. The summed E-state index contributed by atoms with van der Waals surface area (Å²) in [5.41, 5.74) is 14.2. The molecule has 0 atom stereocenters. The van der Waals surface area contributed by atoms with Gasteiger partial charge in [0.25, 0.3) is 0 Å². The van der Waals surface area contributed by atoms with E-state index in [2.05, 4.69) is 240 Å². The van der Waals surface area contributed by atoms with Crippen LogP contribution in [-0.2, 0) is 0 Å². The molecule has 2 heterocycles. The lowest BCUT2D eigenvalue weighted by Crippen LogP contribution is -2.09. The van der Waals surface area contributed by atoms with E-state index < -0.39 is 0 Å². The molecule has 0 N–H and O–H groups in total. The van der Waals surface area contributed by atoms with Crippen molar-refractivity contribution in [3.63, 3.8) is 0 Å². The number of aromatic nitrogens is 1. The molecule has 3 heteroatoms. The highest BCUT2D eigenvalue weighted by Gasteiger charge is 2.18. The zero-order valence-electron chi connectivity index (χ0n) is 33.2. The van der Waals surface area contributed by atoms with Gasteiger partial charge in [-0.05, 0) is 105 Å². The van der Waals surface area contributed by atoms with Gasteiger partial charge in [-0.2, -0.15) is 0 Å². The highest BCUT2D eigenvalue weighted by Crippen LogP contribution is 2.43. The molecule has 0 saturated carbocycles. The lowest BCUT2D eigenvalue weighted by Gasteiger charge is -2.26. The number of thiophene rings is 1. The highest BCUT2D eigenvalue weighted by atomic mass is 32.1. The first-order valence-electron chi connectivity index (χ1n) is 20.8. The molecule has 10 aromatic carbocycles. The Morgan fingerprint density at radius 2 is 0.885 bits per heavy atom. The molecule has 0 spiro atoms. The molecule has 0 fully saturated rings. The number of anilines is 3. The second kappa shape index (κ2) is 14.5. The van der Waals surface area contributed by atoms with Crippen LogP contribution in [0.25, 0.3) is 91.8 Å². The van der Waals surface area contributed by atoms with E-state index in [-0.39, 0.29) is 0 Å². The molecule has 286 valence electrons. The van der Waals surface area contributed by atoms with E-state index in [1.165, 1.54) is 86.1 Å². The van der Waals surface area contributed by atoms with Gasteiger partial charge in [-0.1, -0.05) is 164 Å². The summed E-state index contributed by atoms with van der Waals surface area (Å²) in [4.78, 5) is 2.39. The molecule has 0 unspecified atom stereocenters. The third-order valence-corrected chi connectivity index (χ3v) is 13.3. The predicted octanol–water partition coefficient (Wildman–Crippen LogP) is 16.8. The van der Waals surface area contributed by atoms with Crippen LogP contribution in [0.2, 0.25) is 0 Å². The molecule has 0 saturated heterocycles. The number of fused-ring (bicyclic) bond motifs is 8. The van der Waals surface area contributed by atoms with Crippen LogP contribution in [0.5, 0.6) is 0 Å². The molecule has 2 nitrogen and oxygen atoms in total. The van der Waals surface area contributed by atoms with E-state index in [9.17, 15) is 0 Å². The number of hydrogen-bond acceptors (Lipinski definition) is 2. The number of para-hydroxylation sites is 1. The van der Waals surface area contributed by atoms with Crippen LogP contribution in [0.15, 0.2) is 231 Å². The summed E-state index contributed by atoms with van der Waals surface area (Å²) in [6, 6.07) is 84.1. The Labute approximate surface area is 358 Å². The SMILES string of the molecule is c1ccc(-c2ccccc2-c2ccc(N(c3ccc(-c4ccc5c6ccc7ccccc7c6n(-c6ccccc6)c5c4)cc3)c3ccc4sc5ccccc5c4c3)cc2)cc1. The van der Waals surface area contributed by atoms with E-state index in [4.69, 9.17) is 0 Å². The summed E-state index contributed by atoms with van der Waals surface area (Å²) in [7, 11) is 0. The molecule has 0 aliphatic carbocycles. The molecule has 61 heavy (non-hydrogen) atoms. The largest absolute Gasteiger partial charge is 0.310 e. The quantitative estimate of drug-likeness (QED) is 0.156. The van der Waals surface area contributed by atoms with Gasteiger partial charge in [0.2, 0.25) is 0 Å². The average Bonchev–Trinajstić information content (AvgIpc) is 3.88. The maximum Gasteiger partial charge on any atom is 0.0619 e. The molecule has 0 aliphatic rings. The zero-order valence-corrected chi connectivity index (χ0v) is 34.1. The molecule has 12 rings (SSSR count). The van der Waals surface area contributed by atoms with Crippen molar-refractivity contribution in [1.29, 1.82) is 0 Å². The summed E-state index contributed by atoms with van der Waals surface area (Å²) in [6.07, 6.45) is 0. The minimum atomic E-state index is 1.10. The lowest BCUT2D eigenvalue weighted by atomic mass is 9.94. The average molecular weight is 795 g/mol. The smallest absolute Gasteiger partial charge is 0.0619 e. The van der Waals surface area contributed by atoms with Gasteiger partial charge < -0.3 is 9.47 Å². The first-order valence-corrected chi connectivity index (χ1v) is 21.6. The third-order valence-electron chi connectivity index (χ3n) is 12.2. The van der Waals surface area contributed by atoms with Gasteiger partial charge in [0.15, 0.2) is 0 Å². The van der Waals surface area contributed by atoms with Crippen molar-refractivity contribution < 1.29 is 0 Å². The van der Waals surface area contributed by atoms with Crippen LogP contribution >= 0.6 is 11.3 Å². The monoisotopic (exact) mass is 794 g/mol. The topological polar surface area (TPSA) is 8.17 Å². The molecule has 0 aliphatic heterocycles. The van der Waals surface area contributed by atoms with Crippen LogP contribution in [0.3, 0.4) is 0 Å². The predicted molar refractivity (Wildman–Crippen MR) is 262 cm³/mol. The van der Waals surface area contributed by atoms with Gasteiger partial charge in [-0.25, -0.2) is 0 Å². The van der Waals surface area contributed by atoms with E-state index in [1.54, 1.807) is 0 Å². The Morgan fingerprint density at radius 3 is 1.64 bits per heavy atom. The summed E-state index contributed by atoms with van der Waals surface area (Å²) >= 11 is 1.85. The fraction of sp³-hybridized carbons (Fsp3) is 0. The Bertz CT molecular complexity index is 3560. The second-order valence-electron chi connectivity index (χ2n) is 15.7. The number of rotatable bonds is 7. The number of benzene rings is 10. The Balaban J connectivity index is 0.978. The van der Waals surface area contributed by atoms with E-state index in [0.29, 0.717) is 0 Å². The molecule has 0 amide bonds. The van der Waals surface area contributed by atoms with Crippen LogP contribution < -0.4 is 4.90 Å². The zero-order chi connectivity index (χ0) is 40.3.